The molecule has 1 aromatic carbocycles. The number of nitrogens with zero attached hydrogens (tertiary/aromatic N) is 2. The molecule has 1 aromatic heterocycles. The second-order valence-corrected chi connectivity index (χ2v) is 14.9. The lowest BCUT2D eigenvalue weighted by atomic mass is 10.1. The molecule has 1 aliphatic rings. The number of aromatic nitrogens is 2. The number of rotatable bonds is 1. The third kappa shape index (κ3) is 1.81. The van der Waals surface area contributed by atoms with Gasteiger partial charge in [-0.15, -0.1) is 0 Å². The minimum Gasteiger partial charge on any atom is -0.236 e. The van der Waals surface area contributed by atoms with Crippen LogP contribution in [0.5, 0.6) is 0 Å². The molecule has 2 nitrogen and oxygen atoms in total. The van der Waals surface area contributed by atoms with E-state index in [2.05, 4.69) is 50.3 Å². The van der Waals surface area contributed by atoms with Gasteiger partial charge in [0.25, 0.3) is 6.33 Å². The van der Waals surface area contributed by atoms with Crippen LogP contribution in [0.3, 0.4) is 0 Å². The molecule has 0 radical (unpaired) electrons. The summed E-state index contributed by atoms with van der Waals surface area (Å²) >= 11 is 0. The lowest BCUT2D eigenvalue weighted by Crippen LogP contribution is -2.44. The van der Waals surface area contributed by atoms with Crippen LogP contribution in [0.4, 0.5) is 0 Å². The lowest BCUT2D eigenvalue weighted by Gasteiger charge is -2.17. The maximum Gasteiger partial charge on any atom is 0.286 e. The van der Waals surface area contributed by atoms with Gasteiger partial charge in [-0.1, -0.05) is 43.5 Å². The van der Waals surface area contributed by atoms with E-state index in [9.17, 15) is 0 Å². The molecule has 0 spiro atoms. The van der Waals surface area contributed by atoms with Crippen LogP contribution in [-0.2, 0) is 13.5 Å². The molecular formula is C15H23N2Si2+. The summed E-state index contributed by atoms with van der Waals surface area (Å²) < 4.78 is 2.18. The second kappa shape index (κ2) is 4.25. The first kappa shape index (κ1) is 13.0. The molecule has 0 saturated heterocycles. The van der Waals surface area contributed by atoms with Crippen molar-refractivity contribution in [1.29, 1.82) is 0 Å². The molecule has 0 aliphatic carbocycles. The van der Waals surface area contributed by atoms with Crippen molar-refractivity contribution in [2.24, 2.45) is 7.05 Å². The van der Waals surface area contributed by atoms with Crippen LogP contribution in [0, 0.1) is 0 Å². The van der Waals surface area contributed by atoms with Gasteiger partial charge in [0.2, 0.25) is 0 Å². The number of aryl methyl sites for hydroxylation is 2. The number of hydrogen-bond acceptors (Lipinski definition) is 1. The Bertz CT molecular complexity index is 665. The van der Waals surface area contributed by atoms with E-state index in [1.54, 1.807) is 10.4 Å². The van der Waals surface area contributed by atoms with Gasteiger partial charge in [-0.05, 0) is 16.2 Å². The van der Waals surface area contributed by atoms with Crippen LogP contribution >= 0.6 is 0 Å². The Morgan fingerprint density at radius 1 is 1.37 bits per heavy atom. The van der Waals surface area contributed by atoms with E-state index in [1.807, 2.05) is 6.33 Å². The van der Waals surface area contributed by atoms with Gasteiger partial charge in [-0.3, -0.25) is 0 Å². The predicted octanol–water partition coefficient (Wildman–Crippen LogP) is 1.15. The van der Waals surface area contributed by atoms with Gasteiger partial charge in [0.05, 0.1) is 29.3 Å². The third-order valence-corrected chi connectivity index (χ3v) is 14.9. The summed E-state index contributed by atoms with van der Waals surface area (Å²) in [5, 5.41) is 4.77. The standard InChI is InChI=1S/C15H23N2Si2/c1-6-12-11-7-8-13-15(14(11)16-9-17(12)2)19(4,5)10-18(13)3/h7-9,18H,6,10H2,1-5H3/q+1. The Balaban J connectivity index is 2.42. The van der Waals surface area contributed by atoms with Crippen molar-refractivity contribution in [2.45, 2.75) is 38.7 Å². The molecule has 0 fully saturated rings. The Hall–Kier alpha value is -1.01. The first-order valence-corrected chi connectivity index (χ1v) is 13.0. The highest BCUT2D eigenvalue weighted by Gasteiger charge is 2.40. The summed E-state index contributed by atoms with van der Waals surface area (Å²) in [6.07, 6.45) is 3.08. The van der Waals surface area contributed by atoms with Gasteiger partial charge in [-0.2, -0.15) is 0 Å². The van der Waals surface area contributed by atoms with Crippen LogP contribution < -0.4 is 14.9 Å². The molecule has 0 bridgehead atoms. The summed E-state index contributed by atoms with van der Waals surface area (Å²) in [5.74, 6) is 0. The predicted molar refractivity (Wildman–Crippen MR) is 86.9 cm³/mol. The molecular weight excluding hydrogens is 264 g/mol. The van der Waals surface area contributed by atoms with Crippen LogP contribution in [0.25, 0.3) is 10.9 Å². The Labute approximate surface area is 118 Å². The molecule has 1 unspecified atom stereocenters. The van der Waals surface area contributed by atoms with Crippen LogP contribution in [0.15, 0.2) is 18.5 Å². The number of hydrogen-bond donors (Lipinski definition) is 0. The monoisotopic (exact) mass is 287 g/mol. The summed E-state index contributed by atoms with van der Waals surface area (Å²) in [5.41, 5.74) is 4.24. The smallest absolute Gasteiger partial charge is 0.236 e. The molecule has 4 heteroatoms. The lowest BCUT2D eigenvalue weighted by molar-refractivity contribution is -0.680. The molecule has 100 valence electrons. The zero-order chi connectivity index (χ0) is 13.8. The SMILES string of the molecule is CCc1c2ccc3c(c2nc[n+]1C)[Si](C)(C)C[SiH]3C. The fraction of sp³-hybridized carbons (Fsp3) is 0.467. The average molecular weight is 288 g/mol. The maximum atomic E-state index is 4.81. The highest BCUT2D eigenvalue weighted by atomic mass is 28.4. The molecule has 0 N–H and O–H groups in total. The summed E-state index contributed by atoms with van der Waals surface area (Å²) in [6, 6.07) is 4.76. The van der Waals surface area contributed by atoms with E-state index in [4.69, 9.17) is 4.98 Å². The quantitative estimate of drug-likeness (QED) is 0.568. The van der Waals surface area contributed by atoms with Crippen molar-refractivity contribution in [1.82, 2.24) is 4.98 Å². The van der Waals surface area contributed by atoms with Crippen molar-refractivity contribution < 1.29 is 4.57 Å². The summed E-state index contributed by atoms with van der Waals surface area (Å²) in [7, 11) is 0.157. The molecule has 1 atom stereocenters. The average Bonchev–Trinajstić information content (AvgIpc) is 2.59. The van der Waals surface area contributed by atoms with Crippen molar-refractivity contribution in [3.8, 4) is 0 Å². The minimum atomic E-state index is -1.25. The molecule has 1 aliphatic heterocycles. The van der Waals surface area contributed by atoms with E-state index < -0.39 is 16.9 Å². The fourth-order valence-corrected chi connectivity index (χ4v) is 16.4. The minimum absolute atomic E-state index is 0.702. The summed E-state index contributed by atoms with van der Waals surface area (Å²) in [4.78, 5) is 4.81. The van der Waals surface area contributed by atoms with Gasteiger partial charge in [0, 0.05) is 6.42 Å². The van der Waals surface area contributed by atoms with Gasteiger partial charge in [-0.25, -0.2) is 4.57 Å². The highest BCUT2D eigenvalue weighted by molar-refractivity contribution is 7.08. The number of benzene rings is 1. The molecule has 0 saturated carbocycles. The molecule has 3 rings (SSSR count). The first-order valence-electron chi connectivity index (χ1n) is 7.26. The van der Waals surface area contributed by atoms with Crippen molar-refractivity contribution in [2.75, 3.05) is 0 Å². The van der Waals surface area contributed by atoms with E-state index in [0.717, 1.165) is 6.42 Å². The van der Waals surface area contributed by atoms with Crippen molar-refractivity contribution >= 4 is 38.1 Å². The van der Waals surface area contributed by atoms with E-state index in [0.29, 0.717) is 0 Å². The Morgan fingerprint density at radius 3 is 2.79 bits per heavy atom. The molecule has 0 amide bonds. The van der Waals surface area contributed by atoms with Crippen molar-refractivity contribution in [3.63, 3.8) is 0 Å². The van der Waals surface area contributed by atoms with Crippen molar-refractivity contribution in [3.05, 3.63) is 24.2 Å². The zero-order valence-corrected chi connectivity index (χ0v) is 14.8. The van der Waals surface area contributed by atoms with Gasteiger partial charge < -0.3 is 0 Å². The number of fused-ring (bicyclic) bond motifs is 3. The highest BCUT2D eigenvalue weighted by Crippen LogP contribution is 2.23. The first-order chi connectivity index (χ1) is 8.95. The third-order valence-electron chi connectivity index (χ3n) is 4.67. The maximum absolute atomic E-state index is 4.81. The van der Waals surface area contributed by atoms with Crippen LogP contribution in [-0.4, -0.2) is 21.9 Å². The Morgan fingerprint density at radius 2 is 2.11 bits per heavy atom. The normalized spacial score (nSPS) is 20.8. The van der Waals surface area contributed by atoms with Gasteiger partial charge >= 0.3 is 0 Å². The van der Waals surface area contributed by atoms with Gasteiger partial charge in [0.15, 0.2) is 5.52 Å². The Kier molecular flexibility index (Phi) is 2.91. The fourth-order valence-electron chi connectivity index (χ4n) is 3.92. The summed E-state index contributed by atoms with van der Waals surface area (Å²) in [6.45, 7) is 9.81. The van der Waals surface area contributed by atoms with Gasteiger partial charge in [0.1, 0.15) is 5.69 Å². The largest absolute Gasteiger partial charge is 0.286 e. The van der Waals surface area contributed by atoms with E-state index in [1.165, 1.54) is 22.3 Å². The molecule has 19 heavy (non-hydrogen) atoms. The van der Waals surface area contributed by atoms with Crippen LogP contribution in [0.1, 0.15) is 12.6 Å². The molecule has 2 heterocycles. The topological polar surface area (TPSA) is 16.8 Å². The van der Waals surface area contributed by atoms with Crippen LogP contribution in [0.2, 0.25) is 25.3 Å². The zero-order valence-electron chi connectivity index (χ0n) is 12.6. The van der Waals surface area contributed by atoms with E-state index in [-0.39, 0.29) is 0 Å². The second-order valence-electron chi connectivity index (χ2n) is 6.57. The van der Waals surface area contributed by atoms with E-state index >= 15 is 0 Å². The molecule has 2 aromatic rings.